The van der Waals surface area contributed by atoms with Crippen LogP contribution in [-0.2, 0) is 6.61 Å². The number of carbonyl (C=O) groups excluding carboxylic acids is 1. The van der Waals surface area contributed by atoms with E-state index in [0.717, 1.165) is 21.8 Å². The van der Waals surface area contributed by atoms with E-state index < -0.39 is 0 Å². The molecule has 0 unspecified atom stereocenters. The highest BCUT2D eigenvalue weighted by Gasteiger charge is 2.22. The number of fused-ring (bicyclic) bond motifs is 3. The zero-order chi connectivity index (χ0) is 17.2. The molecule has 1 amide bonds. The molecule has 0 saturated heterocycles. The lowest BCUT2D eigenvalue weighted by atomic mass is 10.1. The number of benzene rings is 1. The highest BCUT2D eigenvalue weighted by molar-refractivity contribution is 7.17. The Morgan fingerprint density at radius 3 is 3.08 bits per heavy atom. The van der Waals surface area contributed by atoms with Gasteiger partial charge in [-0.2, -0.15) is 5.10 Å². The van der Waals surface area contributed by atoms with Gasteiger partial charge in [-0.1, -0.05) is 17.7 Å². The standard InChI is InChI=1S/C18H12ClN3O2S/c19-12-4-5-15-14(8-12)17-11(10-24-15)7-16(25-17)18(23)22-21-9-13-3-1-2-6-20-13/h1-9H,10H2,(H,22,23)/b21-9+. The molecule has 25 heavy (non-hydrogen) atoms. The van der Waals surface area contributed by atoms with Crippen molar-refractivity contribution in [2.24, 2.45) is 5.10 Å². The molecule has 0 atom stereocenters. The molecule has 0 radical (unpaired) electrons. The number of rotatable bonds is 3. The molecule has 3 aromatic rings. The first-order valence-corrected chi connectivity index (χ1v) is 8.70. The van der Waals surface area contributed by atoms with Crippen molar-refractivity contribution in [3.05, 3.63) is 69.8 Å². The monoisotopic (exact) mass is 369 g/mol. The number of nitrogens with one attached hydrogen (secondary N) is 1. The van der Waals surface area contributed by atoms with Gasteiger partial charge in [0.15, 0.2) is 0 Å². The summed E-state index contributed by atoms with van der Waals surface area (Å²) < 4.78 is 5.72. The van der Waals surface area contributed by atoms with Crippen LogP contribution in [0.15, 0.2) is 53.8 Å². The second kappa shape index (κ2) is 6.66. The van der Waals surface area contributed by atoms with Gasteiger partial charge >= 0.3 is 0 Å². The van der Waals surface area contributed by atoms with Crippen molar-refractivity contribution in [3.63, 3.8) is 0 Å². The fraction of sp³-hybridized carbons (Fsp3) is 0.0556. The lowest BCUT2D eigenvalue weighted by Crippen LogP contribution is -2.16. The van der Waals surface area contributed by atoms with E-state index >= 15 is 0 Å². The Balaban J connectivity index is 1.55. The third-order valence-electron chi connectivity index (χ3n) is 3.65. The smallest absolute Gasteiger partial charge is 0.281 e. The van der Waals surface area contributed by atoms with Crippen molar-refractivity contribution in [2.75, 3.05) is 0 Å². The Hall–Kier alpha value is -2.70. The van der Waals surface area contributed by atoms with E-state index in [4.69, 9.17) is 16.3 Å². The van der Waals surface area contributed by atoms with Crippen molar-refractivity contribution < 1.29 is 9.53 Å². The lowest BCUT2D eigenvalue weighted by molar-refractivity contribution is 0.0959. The summed E-state index contributed by atoms with van der Waals surface area (Å²) in [5, 5.41) is 4.58. The third kappa shape index (κ3) is 3.26. The van der Waals surface area contributed by atoms with Crippen molar-refractivity contribution in [2.45, 2.75) is 6.61 Å². The Kier molecular flexibility index (Phi) is 4.21. The minimum atomic E-state index is -0.268. The molecule has 4 rings (SSSR count). The summed E-state index contributed by atoms with van der Waals surface area (Å²) in [5.74, 6) is 0.508. The first kappa shape index (κ1) is 15.8. The molecule has 0 spiro atoms. The lowest BCUT2D eigenvalue weighted by Gasteiger charge is -2.17. The van der Waals surface area contributed by atoms with Gasteiger partial charge in [0.05, 0.1) is 16.8 Å². The summed E-state index contributed by atoms with van der Waals surface area (Å²) in [5.41, 5.74) is 5.08. The number of thiophene rings is 1. The summed E-state index contributed by atoms with van der Waals surface area (Å²) >= 11 is 7.48. The largest absolute Gasteiger partial charge is 0.488 e. The molecule has 0 saturated carbocycles. The molecule has 0 bridgehead atoms. The number of nitrogens with zero attached hydrogens (tertiary/aromatic N) is 2. The Labute approximate surface area is 152 Å². The first-order valence-electron chi connectivity index (χ1n) is 7.50. The van der Waals surface area contributed by atoms with E-state index in [2.05, 4.69) is 15.5 Å². The second-order valence-electron chi connectivity index (χ2n) is 5.35. The van der Waals surface area contributed by atoms with Crippen molar-refractivity contribution in [1.29, 1.82) is 0 Å². The zero-order valence-electron chi connectivity index (χ0n) is 12.9. The first-order chi connectivity index (χ1) is 12.2. The maximum Gasteiger partial charge on any atom is 0.281 e. The Morgan fingerprint density at radius 2 is 2.24 bits per heavy atom. The summed E-state index contributed by atoms with van der Waals surface area (Å²) in [4.78, 5) is 18.0. The topological polar surface area (TPSA) is 63.6 Å². The van der Waals surface area contributed by atoms with Gasteiger partial charge in [-0.05, 0) is 36.4 Å². The predicted molar refractivity (Wildman–Crippen MR) is 98.4 cm³/mol. The molecule has 0 aliphatic carbocycles. The fourth-order valence-electron chi connectivity index (χ4n) is 2.50. The molecule has 2 aromatic heterocycles. The molecular formula is C18H12ClN3O2S. The van der Waals surface area contributed by atoms with Gasteiger partial charge in [0, 0.05) is 27.2 Å². The van der Waals surface area contributed by atoms with Crippen molar-refractivity contribution >= 4 is 35.1 Å². The third-order valence-corrected chi connectivity index (χ3v) is 5.10. The number of hydrazone groups is 1. The van der Waals surface area contributed by atoms with Crippen LogP contribution in [0, 0.1) is 0 Å². The average molecular weight is 370 g/mol. The molecule has 5 nitrogen and oxygen atoms in total. The van der Waals surface area contributed by atoms with Crippen molar-refractivity contribution in [1.82, 2.24) is 10.4 Å². The number of pyridine rings is 1. The summed E-state index contributed by atoms with van der Waals surface area (Å²) in [6.45, 7) is 0.435. The normalized spacial score (nSPS) is 12.4. The molecule has 1 aliphatic rings. The maximum atomic E-state index is 12.3. The summed E-state index contributed by atoms with van der Waals surface area (Å²) in [6.07, 6.45) is 3.17. The van der Waals surface area contributed by atoms with Crippen LogP contribution in [0.25, 0.3) is 10.4 Å². The van der Waals surface area contributed by atoms with E-state index in [-0.39, 0.29) is 5.91 Å². The van der Waals surface area contributed by atoms with Crippen LogP contribution in [0.4, 0.5) is 0 Å². The van der Waals surface area contributed by atoms with Gasteiger partial charge in [-0.15, -0.1) is 11.3 Å². The molecule has 0 fully saturated rings. The van der Waals surface area contributed by atoms with Crippen LogP contribution >= 0.6 is 22.9 Å². The second-order valence-corrected chi connectivity index (χ2v) is 6.84. The number of hydrogen-bond acceptors (Lipinski definition) is 5. The molecular weight excluding hydrogens is 358 g/mol. The molecule has 3 heterocycles. The van der Waals surface area contributed by atoms with Gasteiger partial charge in [0.1, 0.15) is 12.4 Å². The Bertz CT molecular complexity index is 970. The van der Waals surface area contributed by atoms with Gasteiger partial charge < -0.3 is 4.74 Å². The van der Waals surface area contributed by atoms with E-state index in [1.54, 1.807) is 18.3 Å². The van der Waals surface area contributed by atoms with Gasteiger partial charge in [-0.3, -0.25) is 9.78 Å². The number of halogens is 1. The molecule has 1 aliphatic heterocycles. The van der Waals surface area contributed by atoms with Gasteiger partial charge in [-0.25, -0.2) is 5.43 Å². The number of carbonyl (C=O) groups is 1. The van der Waals surface area contributed by atoms with Crippen LogP contribution in [0.3, 0.4) is 0 Å². The summed E-state index contributed by atoms with van der Waals surface area (Å²) in [6, 6.07) is 12.8. The van der Waals surface area contributed by atoms with E-state index in [1.165, 1.54) is 17.6 Å². The highest BCUT2D eigenvalue weighted by Crippen LogP contribution is 2.43. The zero-order valence-corrected chi connectivity index (χ0v) is 14.5. The van der Waals surface area contributed by atoms with E-state index in [0.29, 0.717) is 22.2 Å². The average Bonchev–Trinajstić information content (AvgIpc) is 3.07. The van der Waals surface area contributed by atoms with Gasteiger partial charge in [0.25, 0.3) is 5.91 Å². The SMILES string of the molecule is O=C(N/N=C/c1ccccn1)c1cc2c(s1)-c1cc(Cl)ccc1OC2. The molecule has 124 valence electrons. The maximum absolute atomic E-state index is 12.3. The van der Waals surface area contributed by atoms with Crippen LogP contribution in [-0.4, -0.2) is 17.1 Å². The van der Waals surface area contributed by atoms with Gasteiger partial charge in [0.2, 0.25) is 0 Å². The number of hydrogen-bond donors (Lipinski definition) is 1. The molecule has 1 N–H and O–H groups in total. The van der Waals surface area contributed by atoms with Crippen LogP contribution in [0.2, 0.25) is 5.02 Å². The minimum Gasteiger partial charge on any atom is -0.488 e. The molecule has 7 heteroatoms. The van der Waals surface area contributed by atoms with Crippen LogP contribution in [0.1, 0.15) is 20.9 Å². The van der Waals surface area contributed by atoms with E-state index in [1.807, 2.05) is 30.3 Å². The summed E-state index contributed by atoms with van der Waals surface area (Å²) in [7, 11) is 0. The number of aromatic nitrogens is 1. The van der Waals surface area contributed by atoms with Crippen LogP contribution < -0.4 is 10.2 Å². The Morgan fingerprint density at radius 1 is 1.32 bits per heavy atom. The minimum absolute atomic E-state index is 0.268. The van der Waals surface area contributed by atoms with Crippen LogP contribution in [0.5, 0.6) is 5.75 Å². The molecule has 1 aromatic carbocycles. The van der Waals surface area contributed by atoms with E-state index in [9.17, 15) is 4.79 Å². The number of ether oxygens (including phenoxy) is 1. The predicted octanol–water partition coefficient (Wildman–Crippen LogP) is 4.12. The number of amides is 1. The quantitative estimate of drug-likeness (QED) is 0.558. The fourth-order valence-corrected chi connectivity index (χ4v) is 3.75. The highest BCUT2D eigenvalue weighted by atomic mass is 35.5. The van der Waals surface area contributed by atoms with Crippen molar-refractivity contribution in [3.8, 4) is 16.2 Å².